The highest BCUT2D eigenvalue weighted by molar-refractivity contribution is 6.01. The van der Waals surface area contributed by atoms with Gasteiger partial charge in [0, 0.05) is 25.2 Å². The van der Waals surface area contributed by atoms with Crippen LogP contribution in [0.15, 0.2) is 30.3 Å². The molecule has 0 bridgehead atoms. The number of nitriles is 1. The molecule has 1 aliphatic heterocycles. The fraction of sp³-hybridized carbons (Fsp3) is 0.391. The van der Waals surface area contributed by atoms with Gasteiger partial charge in [-0.25, -0.2) is 17.6 Å². The lowest BCUT2D eigenvalue weighted by Crippen LogP contribution is -2.37. The van der Waals surface area contributed by atoms with E-state index in [1.807, 2.05) is 6.07 Å². The summed E-state index contributed by atoms with van der Waals surface area (Å²) in [6, 6.07) is 8.07. The van der Waals surface area contributed by atoms with Crippen LogP contribution < -0.4 is 15.5 Å². The largest absolute Gasteiger partial charge is 0.378 e. The number of benzene rings is 2. The van der Waals surface area contributed by atoms with E-state index in [4.69, 9.17) is 4.74 Å². The quantitative estimate of drug-likeness (QED) is 0.595. The van der Waals surface area contributed by atoms with Crippen molar-refractivity contribution in [3.05, 3.63) is 58.7 Å². The van der Waals surface area contributed by atoms with Crippen molar-refractivity contribution in [2.45, 2.75) is 32.4 Å². The molecule has 0 aliphatic carbocycles. The van der Waals surface area contributed by atoms with Gasteiger partial charge >= 0.3 is 0 Å². The SMILES string of the molecule is CC(C)(C#N)Nc1cc(F)c(N2CCOCC2)cc1C(=O)NCc1cccc(C(F)F)c1F. The predicted octanol–water partition coefficient (Wildman–Crippen LogP) is 4.38. The van der Waals surface area contributed by atoms with E-state index >= 15 is 0 Å². The number of nitrogens with one attached hydrogen (secondary N) is 2. The lowest BCUT2D eigenvalue weighted by molar-refractivity contribution is 0.0951. The van der Waals surface area contributed by atoms with Gasteiger partial charge in [-0.1, -0.05) is 18.2 Å². The average Bonchev–Trinajstić information content (AvgIpc) is 2.78. The van der Waals surface area contributed by atoms with Gasteiger partial charge in [0.2, 0.25) is 0 Å². The lowest BCUT2D eigenvalue weighted by Gasteiger charge is -2.30. The highest BCUT2D eigenvalue weighted by Crippen LogP contribution is 2.30. The smallest absolute Gasteiger partial charge is 0.266 e. The Balaban J connectivity index is 1.92. The second kappa shape index (κ2) is 10.1. The Morgan fingerprint density at radius 2 is 1.94 bits per heavy atom. The second-order valence-corrected chi connectivity index (χ2v) is 8.11. The Labute approximate surface area is 189 Å². The molecular formula is C23H24F4N4O2. The first-order chi connectivity index (χ1) is 15.6. The highest BCUT2D eigenvalue weighted by Gasteiger charge is 2.25. The number of hydrogen-bond acceptors (Lipinski definition) is 5. The van der Waals surface area contributed by atoms with Crippen LogP contribution in [0.5, 0.6) is 0 Å². The molecule has 33 heavy (non-hydrogen) atoms. The molecule has 1 fully saturated rings. The molecule has 2 aromatic carbocycles. The first-order valence-electron chi connectivity index (χ1n) is 10.3. The molecule has 176 valence electrons. The fourth-order valence-corrected chi connectivity index (χ4v) is 3.44. The van der Waals surface area contributed by atoms with Gasteiger partial charge in [0.15, 0.2) is 0 Å². The molecule has 1 saturated heterocycles. The number of alkyl halides is 2. The summed E-state index contributed by atoms with van der Waals surface area (Å²) in [5, 5.41) is 14.7. The third-order valence-electron chi connectivity index (χ3n) is 5.19. The van der Waals surface area contributed by atoms with Crippen LogP contribution in [0, 0.1) is 23.0 Å². The zero-order chi connectivity index (χ0) is 24.2. The van der Waals surface area contributed by atoms with E-state index in [9.17, 15) is 27.6 Å². The van der Waals surface area contributed by atoms with Gasteiger partial charge in [0.05, 0.1) is 41.8 Å². The number of carbonyl (C=O) groups excluding carboxylic acids is 1. The second-order valence-electron chi connectivity index (χ2n) is 8.11. The van der Waals surface area contributed by atoms with Crippen molar-refractivity contribution in [3.8, 4) is 6.07 Å². The number of ether oxygens (including phenoxy) is 1. The fourth-order valence-electron chi connectivity index (χ4n) is 3.44. The van der Waals surface area contributed by atoms with Crippen LogP contribution in [-0.2, 0) is 11.3 Å². The number of morpholine rings is 1. The molecule has 1 amide bonds. The van der Waals surface area contributed by atoms with Crippen molar-refractivity contribution in [2.75, 3.05) is 36.5 Å². The van der Waals surface area contributed by atoms with Gasteiger partial charge in [0.25, 0.3) is 12.3 Å². The van der Waals surface area contributed by atoms with Crippen molar-refractivity contribution in [3.63, 3.8) is 0 Å². The third-order valence-corrected chi connectivity index (χ3v) is 5.19. The summed E-state index contributed by atoms with van der Waals surface area (Å²) in [7, 11) is 0. The maximum atomic E-state index is 14.9. The Morgan fingerprint density at radius 3 is 2.58 bits per heavy atom. The van der Waals surface area contributed by atoms with E-state index in [0.29, 0.717) is 26.3 Å². The molecule has 0 spiro atoms. The number of nitrogens with zero attached hydrogens (tertiary/aromatic N) is 2. The zero-order valence-corrected chi connectivity index (χ0v) is 18.2. The topological polar surface area (TPSA) is 77.4 Å². The van der Waals surface area contributed by atoms with Crippen LogP contribution in [0.2, 0.25) is 0 Å². The minimum atomic E-state index is -2.99. The van der Waals surface area contributed by atoms with E-state index in [1.165, 1.54) is 18.2 Å². The molecule has 0 aromatic heterocycles. The monoisotopic (exact) mass is 464 g/mol. The van der Waals surface area contributed by atoms with Gasteiger partial charge in [-0.2, -0.15) is 5.26 Å². The Kier molecular flexibility index (Phi) is 7.43. The number of hydrogen-bond donors (Lipinski definition) is 2. The van der Waals surface area contributed by atoms with Crippen molar-refractivity contribution in [2.24, 2.45) is 0 Å². The summed E-state index contributed by atoms with van der Waals surface area (Å²) in [5.74, 6) is -2.35. The maximum absolute atomic E-state index is 14.9. The number of halogens is 4. The van der Waals surface area contributed by atoms with Crippen LogP contribution in [-0.4, -0.2) is 37.7 Å². The van der Waals surface area contributed by atoms with Crippen LogP contribution in [0.25, 0.3) is 0 Å². The van der Waals surface area contributed by atoms with Crippen molar-refractivity contribution in [1.29, 1.82) is 5.26 Å². The van der Waals surface area contributed by atoms with Gasteiger partial charge in [-0.3, -0.25) is 4.79 Å². The summed E-state index contributed by atoms with van der Waals surface area (Å²) in [5.41, 5.74) is -1.67. The molecule has 6 nitrogen and oxygen atoms in total. The minimum absolute atomic E-state index is 0.0339. The van der Waals surface area contributed by atoms with E-state index < -0.39 is 35.1 Å². The van der Waals surface area contributed by atoms with Gasteiger partial charge in [-0.05, 0) is 26.0 Å². The molecule has 0 atom stereocenters. The number of amides is 1. The summed E-state index contributed by atoms with van der Waals surface area (Å²) in [6.07, 6.45) is -2.99. The molecule has 0 radical (unpaired) electrons. The molecule has 10 heteroatoms. The van der Waals surface area contributed by atoms with E-state index in [-0.39, 0.29) is 29.0 Å². The Bertz CT molecular complexity index is 1060. The molecule has 0 unspecified atom stereocenters. The summed E-state index contributed by atoms with van der Waals surface area (Å²) < 4.78 is 60.5. The van der Waals surface area contributed by atoms with Crippen LogP contribution in [0.1, 0.15) is 41.8 Å². The number of anilines is 2. The van der Waals surface area contributed by atoms with Crippen LogP contribution in [0.4, 0.5) is 28.9 Å². The molecule has 2 N–H and O–H groups in total. The standard InChI is InChI=1S/C23H24F4N4O2/c1-23(2,13-28)30-18-11-17(24)19(31-6-8-33-9-7-31)10-16(18)22(32)29-12-14-4-3-5-15(20(14)25)21(26)27/h3-5,10-11,21,30H,6-9,12H2,1-2H3,(H,29,32). The first kappa shape index (κ1) is 24.3. The summed E-state index contributed by atoms with van der Waals surface area (Å²) >= 11 is 0. The molecular weight excluding hydrogens is 440 g/mol. The van der Waals surface area contributed by atoms with E-state index in [0.717, 1.165) is 12.1 Å². The minimum Gasteiger partial charge on any atom is -0.378 e. The van der Waals surface area contributed by atoms with Crippen molar-refractivity contribution in [1.82, 2.24) is 5.32 Å². The lowest BCUT2D eigenvalue weighted by atomic mass is 10.0. The van der Waals surface area contributed by atoms with Crippen LogP contribution >= 0.6 is 0 Å². The molecule has 0 saturated carbocycles. The summed E-state index contributed by atoms with van der Waals surface area (Å²) in [6.45, 7) is 4.45. The van der Waals surface area contributed by atoms with E-state index in [2.05, 4.69) is 10.6 Å². The number of rotatable bonds is 7. The van der Waals surface area contributed by atoms with Crippen molar-refractivity contribution < 1.29 is 27.1 Å². The summed E-state index contributed by atoms with van der Waals surface area (Å²) in [4.78, 5) is 14.8. The first-order valence-corrected chi connectivity index (χ1v) is 10.3. The van der Waals surface area contributed by atoms with Gasteiger partial charge < -0.3 is 20.3 Å². The molecule has 2 aromatic rings. The Morgan fingerprint density at radius 1 is 1.24 bits per heavy atom. The zero-order valence-electron chi connectivity index (χ0n) is 18.2. The van der Waals surface area contributed by atoms with E-state index in [1.54, 1.807) is 18.7 Å². The molecule has 3 rings (SSSR count). The maximum Gasteiger partial charge on any atom is 0.266 e. The van der Waals surface area contributed by atoms with Crippen molar-refractivity contribution >= 4 is 17.3 Å². The molecule has 1 heterocycles. The van der Waals surface area contributed by atoms with Gasteiger partial charge in [0.1, 0.15) is 17.2 Å². The third kappa shape index (κ3) is 5.73. The molecule has 1 aliphatic rings. The Hall–Kier alpha value is -3.32. The van der Waals surface area contributed by atoms with Crippen LogP contribution in [0.3, 0.4) is 0 Å². The normalized spacial score (nSPS) is 14.2. The number of carbonyl (C=O) groups is 1. The average molecular weight is 464 g/mol. The predicted molar refractivity (Wildman–Crippen MR) is 115 cm³/mol. The highest BCUT2D eigenvalue weighted by atomic mass is 19.3. The van der Waals surface area contributed by atoms with Gasteiger partial charge in [-0.15, -0.1) is 0 Å².